The maximum absolute atomic E-state index is 5.59. The first-order valence-corrected chi connectivity index (χ1v) is 7.70. The average molecular weight is 289 g/mol. The zero-order chi connectivity index (χ0) is 14.1. The first kappa shape index (κ1) is 13.3. The van der Waals surface area contributed by atoms with E-state index in [4.69, 9.17) is 10.8 Å². The van der Waals surface area contributed by atoms with Gasteiger partial charge in [-0.25, -0.2) is 15.8 Å². The van der Waals surface area contributed by atoms with Gasteiger partial charge in [0.15, 0.2) is 0 Å². The molecule has 0 aromatic carbocycles. The van der Waals surface area contributed by atoms with Crippen molar-refractivity contribution in [3.8, 4) is 0 Å². The normalized spacial score (nSPS) is 14.3. The van der Waals surface area contributed by atoms with Gasteiger partial charge in [-0.15, -0.1) is 0 Å². The van der Waals surface area contributed by atoms with Crippen LogP contribution in [0, 0.1) is 6.92 Å². The zero-order valence-corrected chi connectivity index (χ0v) is 12.6. The highest BCUT2D eigenvalue weighted by atomic mass is 32.1. The van der Waals surface area contributed by atoms with Crippen LogP contribution < -0.4 is 16.2 Å². The second-order valence-electron chi connectivity index (χ2n) is 5.29. The lowest BCUT2D eigenvalue weighted by Gasteiger charge is -2.21. The Labute approximate surface area is 122 Å². The molecule has 1 fully saturated rings. The van der Waals surface area contributed by atoms with Gasteiger partial charge < -0.3 is 10.3 Å². The molecule has 6 heteroatoms. The molecule has 2 aromatic heterocycles. The number of anilines is 2. The number of nitrogens with zero attached hydrogens (tertiary/aromatic N) is 3. The van der Waals surface area contributed by atoms with Crippen molar-refractivity contribution in [2.75, 3.05) is 17.4 Å². The maximum Gasteiger partial charge on any atom is 0.148 e. The first-order valence-electron chi connectivity index (χ1n) is 6.76. The van der Waals surface area contributed by atoms with Gasteiger partial charge >= 0.3 is 0 Å². The Kier molecular flexibility index (Phi) is 3.58. The summed E-state index contributed by atoms with van der Waals surface area (Å²) in [5, 5.41) is 4.26. The topological polar surface area (TPSA) is 67.1 Å². The second-order valence-corrected chi connectivity index (χ2v) is 6.07. The van der Waals surface area contributed by atoms with Crippen LogP contribution >= 0.6 is 11.3 Å². The van der Waals surface area contributed by atoms with E-state index in [0.717, 1.165) is 29.6 Å². The van der Waals surface area contributed by atoms with E-state index < -0.39 is 0 Å². The van der Waals surface area contributed by atoms with Gasteiger partial charge in [0.1, 0.15) is 17.5 Å². The molecule has 0 amide bonds. The number of nitrogens with one attached hydrogen (secondary N) is 1. The van der Waals surface area contributed by atoms with E-state index in [-0.39, 0.29) is 0 Å². The fourth-order valence-electron chi connectivity index (χ4n) is 2.29. The summed E-state index contributed by atoms with van der Waals surface area (Å²) in [5.74, 6) is 8.70. The number of nitrogens with two attached hydrogens (primary N) is 1. The van der Waals surface area contributed by atoms with Crippen LogP contribution in [0.3, 0.4) is 0 Å². The molecule has 1 saturated carbocycles. The number of hydrogen-bond donors (Lipinski definition) is 2. The second kappa shape index (κ2) is 5.38. The molecule has 5 nitrogen and oxygen atoms in total. The highest BCUT2D eigenvalue weighted by Crippen LogP contribution is 2.40. The van der Waals surface area contributed by atoms with Crippen molar-refractivity contribution in [3.05, 3.63) is 33.8 Å². The zero-order valence-electron chi connectivity index (χ0n) is 11.8. The Balaban J connectivity index is 1.92. The van der Waals surface area contributed by atoms with Crippen LogP contribution in [0.15, 0.2) is 16.8 Å². The predicted molar refractivity (Wildman–Crippen MR) is 83.0 cm³/mol. The molecule has 0 spiro atoms. The lowest BCUT2D eigenvalue weighted by Crippen LogP contribution is -2.21. The summed E-state index contributed by atoms with van der Waals surface area (Å²) in [4.78, 5) is 11.4. The Morgan fingerprint density at radius 2 is 2.25 bits per heavy atom. The van der Waals surface area contributed by atoms with E-state index in [0.29, 0.717) is 5.92 Å². The molecule has 0 radical (unpaired) electrons. The summed E-state index contributed by atoms with van der Waals surface area (Å²) >= 11 is 1.71. The number of hydrogen-bond acceptors (Lipinski definition) is 6. The Bertz CT molecular complexity index is 592. The van der Waals surface area contributed by atoms with Crippen molar-refractivity contribution in [3.63, 3.8) is 0 Å². The number of thiophene rings is 1. The van der Waals surface area contributed by atoms with Crippen LogP contribution in [0.1, 0.15) is 35.7 Å². The summed E-state index contributed by atoms with van der Waals surface area (Å²) in [6.07, 6.45) is 2.36. The number of aromatic nitrogens is 2. The highest BCUT2D eigenvalue weighted by molar-refractivity contribution is 7.07. The van der Waals surface area contributed by atoms with Gasteiger partial charge in [-0.3, -0.25) is 0 Å². The minimum Gasteiger partial charge on any atom is -0.355 e. The van der Waals surface area contributed by atoms with Crippen molar-refractivity contribution < 1.29 is 0 Å². The van der Waals surface area contributed by atoms with Crippen molar-refractivity contribution >= 4 is 23.0 Å². The van der Waals surface area contributed by atoms with Crippen LogP contribution in [-0.4, -0.2) is 17.0 Å². The minimum atomic E-state index is 0.510. The van der Waals surface area contributed by atoms with Gasteiger partial charge in [0.25, 0.3) is 0 Å². The molecule has 0 bridgehead atoms. The SMILES string of the molecule is Cc1c(NN)nc(C2CC2)nc1N(C)Cc1ccsc1. The third-order valence-corrected chi connectivity index (χ3v) is 4.31. The molecule has 2 aromatic rings. The van der Waals surface area contributed by atoms with Crippen LogP contribution in [0.25, 0.3) is 0 Å². The van der Waals surface area contributed by atoms with Crippen LogP contribution in [0.4, 0.5) is 11.6 Å². The predicted octanol–water partition coefficient (Wildman–Crippen LogP) is 2.65. The van der Waals surface area contributed by atoms with Crippen LogP contribution in [0.2, 0.25) is 0 Å². The summed E-state index contributed by atoms with van der Waals surface area (Å²) in [5.41, 5.74) is 4.99. The molecule has 0 aliphatic heterocycles. The van der Waals surface area contributed by atoms with Crippen molar-refractivity contribution in [1.29, 1.82) is 0 Å². The summed E-state index contributed by atoms with van der Waals surface area (Å²) in [7, 11) is 2.06. The largest absolute Gasteiger partial charge is 0.355 e. The first-order chi connectivity index (χ1) is 9.69. The smallest absolute Gasteiger partial charge is 0.148 e. The van der Waals surface area contributed by atoms with Crippen molar-refractivity contribution in [1.82, 2.24) is 9.97 Å². The molecule has 0 atom stereocenters. The monoisotopic (exact) mass is 289 g/mol. The third-order valence-electron chi connectivity index (χ3n) is 3.58. The Morgan fingerprint density at radius 1 is 1.45 bits per heavy atom. The molecule has 1 aliphatic carbocycles. The molecule has 3 rings (SSSR count). The summed E-state index contributed by atoms with van der Waals surface area (Å²) in [6.45, 7) is 2.85. The van der Waals surface area contributed by atoms with Gasteiger partial charge in [-0.2, -0.15) is 11.3 Å². The van der Waals surface area contributed by atoms with Crippen LogP contribution in [0.5, 0.6) is 0 Å². The quantitative estimate of drug-likeness (QED) is 0.654. The molecule has 20 heavy (non-hydrogen) atoms. The van der Waals surface area contributed by atoms with Gasteiger partial charge in [0, 0.05) is 25.1 Å². The lowest BCUT2D eigenvalue weighted by molar-refractivity contribution is 0.846. The lowest BCUT2D eigenvalue weighted by atomic mass is 10.2. The fraction of sp³-hybridized carbons (Fsp3) is 0.429. The van der Waals surface area contributed by atoms with Crippen molar-refractivity contribution in [2.45, 2.75) is 32.2 Å². The molecule has 106 valence electrons. The summed E-state index contributed by atoms with van der Waals surface area (Å²) < 4.78 is 0. The van der Waals surface area contributed by atoms with E-state index in [9.17, 15) is 0 Å². The van der Waals surface area contributed by atoms with Crippen LogP contribution in [-0.2, 0) is 6.54 Å². The van der Waals surface area contributed by atoms with E-state index in [1.54, 1.807) is 11.3 Å². The van der Waals surface area contributed by atoms with Gasteiger partial charge in [0.05, 0.1) is 0 Å². The average Bonchev–Trinajstić information content (AvgIpc) is 3.17. The number of hydrazine groups is 1. The Morgan fingerprint density at radius 3 is 2.85 bits per heavy atom. The molecular formula is C14H19N5S. The molecule has 3 N–H and O–H groups in total. The maximum atomic E-state index is 5.59. The van der Waals surface area contributed by atoms with E-state index in [1.165, 1.54) is 18.4 Å². The molecule has 1 aliphatic rings. The molecular weight excluding hydrogens is 270 g/mol. The molecule has 0 unspecified atom stereocenters. The minimum absolute atomic E-state index is 0.510. The van der Waals surface area contributed by atoms with E-state index in [1.807, 2.05) is 6.92 Å². The Hall–Kier alpha value is -1.66. The molecule has 2 heterocycles. The van der Waals surface area contributed by atoms with E-state index in [2.05, 4.69) is 39.2 Å². The standard InChI is InChI=1S/C14H19N5S/c1-9-12(18-15)16-13(11-3-4-11)17-14(9)19(2)7-10-5-6-20-8-10/h5-6,8,11H,3-4,7,15H2,1-2H3,(H,16,17,18). The summed E-state index contributed by atoms with van der Waals surface area (Å²) in [6, 6.07) is 2.14. The fourth-order valence-corrected chi connectivity index (χ4v) is 2.95. The van der Waals surface area contributed by atoms with Gasteiger partial charge in [-0.05, 0) is 42.2 Å². The number of nitrogen functional groups attached to an aromatic ring is 1. The van der Waals surface area contributed by atoms with Gasteiger partial charge in [0.2, 0.25) is 0 Å². The van der Waals surface area contributed by atoms with Gasteiger partial charge in [-0.1, -0.05) is 0 Å². The van der Waals surface area contributed by atoms with Crippen molar-refractivity contribution in [2.24, 2.45) is 5.84 Å². The molecule has 0 saturated heterocycles. The third kappa shape index (κ3) is 2.62. The number of rotatable bonds is 5. The van der Waals surface area contributed by atoms with E-state index >= 15 is 0 Å². The highest BCUT2D eigenvalue weighted by Gasteiger charge is 2.28.